The molecule has 0 fully saturated rings. The Kier molecular flexibility index (Phi) is 4.24. The minimum Gasteiger partial charge on any atom is -0.354 e. The first kappa shape index (κ1) is 16.4. The Morgan fingerprint density at radius 2 is 1.67 bits per heavy atom. The van der Waals surface area contributed by atoms with Crippen molar-refractivity contribution in [3.05, 3.63) is 77.1 Å². The topological polar surface area (TPSA) is 49.7 Å². The number of amidine groups is 1. The van der Waals surface area contributed by atoms with Crippen LogP contribution in [0.1, 0.15) is 18.1 Å². The third kappa shape index (κ3) is 3.10. The van der Waals surface area contributed by atoms with E-state index in [1.165, 1.54) is 24.3 Å². The molecule has 2 aromatic carbocycles. The summed E-state index contributed by atoms with van der Waals surface area (Å²) >= 11 is 0. The average Bonchev–Trinajstić information content (AvgIpc) is 2.79. The Morgan fingerprint density at radius 3 is 2.29 bits per heavy atom. The first-order valence-corrected chi connectivity index (χ1v) is 8.90. The van der Waals surface area contributed by atoms with Crippen LogP contribution in [0, 0.1) is 5.82 Å². The molecule has 4 nitrogen and oxygen atoms in total. The predicted octanol–water partition coefficient (Wildman–Crippen LogP) is 3.43. The molecule has 124 valence electrons. The van der Waals surface area contributed by atoms with Crippen LogP contribution >= 0.6 is 0 Å². The van der Waals surface area contributed by atoms with Crippen LogP contribution in [0.25, 0.3) is 4.91 Å². The molecule has 0 unspecified atom stereocenters. The Hall–Kier alpha value is -2.47. The van der Waals surface area contributed by atoms with Crippen LogP contribution in [0.2, 0.25) is 0 Å². The van der Waals surface area contributed by atoms with Crippen molar-refractivity contribution in [2.24, 2.45) is 4.40 Å². The van der Waals surface area contributed by atoms with Crippen molar-refractivity contribution >= 4 is 20.8 Å². The van der Waals surface area contributed by atoms with Crippen molar-refractivity contribution in [3.63, 3.8) is 0 Å². The first-order valence-electron chi connectivity index (χ1n) is 7.46. The number of benzene rings is 2. The maximum absolute atomic E-state index is 13.1. The summed E-state index contributed by atoms with van der Waals surface area (Å²) in [6.45, 7) is 2.27. The van der Waals surface area contributed by atoms with Gasteiger partial charge < -0.3 is 4.90 Å². The summed E-state index contributed by atoms with van der Waals surface area (Å²) in [5.41, 5.74) is 2.07. The van der Waals surface area contributed by atoms with E-state index in [1.54, 1.807) is 18.9 Å². The van der Waals surface area contributed by atoms with Crippen molar-refractivity contribution in [2.45, 2.75) is 13.5 Å². The number of nitrogens with zero attached hydrogens (tertiary/aromatic N) is 2. The highest BCUT2D eigenvalue weighted by Crippen LogP contribution is 2.33. The van der Waals surface area contributed by atoms with Crippen LogP contribution in [0.3, 0.4) is 0 Å². The normalized spacial score (nSPS) is 16.2. The molecule has 2 aromatic rings. The molecule has 0 amide bonds. The van der Waals surface area contributed by atoms with Gasteiger partial charge in [0.25, 0.3) is 10.0 Å². The molecule has 0 saturated carbocycles. The van der Waals surface area contributed by atoms with Crippen molar-refractivity contribution in [1.29, 1.82) is 0 Å². The van der Waals surface area contributed by atoms with Gasteiger partial charge in [-0.05, 0) is 30.2 Å². The Labute approximate surface area is 141 Å². The quantitative estimate of drug-likeness (QED) is 0.857. The van der Waals surface area contributed by atoms with Crippen LogP contribution in [0.5, 0.6) is 0 Å². The van der Waals surface area contributed by atoms with E-state index >= 15 is 0 Å². The number of sulfonamides is 1. The zero-order valence-electron chi connectivity index (χ0n) is 13.4. The third-order valence-corrected chi connectivity index (χ3v) is 5.34. The van der Waals surface area contributed by atoms with Gasteiger partial charge in [0.2, 0.25) is 0 Å². The van der Waals surface area contributed by atoms with E-state index in [2.05, 4.69) is 4.40 Å². The summed E-state index contributed by atoms with van der Waals surface area (Å²) in [7, 11) is -1.98. The van der Waals surface area contributed by atoms with E-state index in [0.717, 1.165) is 5.56 Å². The predicted molar refractivity (Wildman–Crippen MR) is 93.3 cm³/mol. The highest BCUT2D eigenvalue weighted by atomic mass is 32.2. The van der Waals surface area contributed by atoms with Gasteiger partial charge in [0, 0.05) is 19.2 Å². The van der Waals surface area contributed by atoms with E-state index in [9.17, 15) is 12.8 Å². The van der Waals surface area contributed by atoms with Crippen LogP contribution in [0.15, 0.2) is 64.6 Å². The summed E-state index contributed by atoms with van der Waals surface area (Å²) in [5, 5.41) is 0. The average molecular weight is 344 g/mol. The summed E-state index contributed by atoms with van der Waals surface area (Å²) in [6.07, 6.45) is 0. The lowest BCUT2D eigenvalue weighted by molar-refractivity contribution is 0.501. The second kappa shape index (κ2) is 6.20. The van der Waals surface area contributed by atoms with Crippen LogP contribution < -0.4 is 0 Å². The van der Waals surface area contributed by atoms with Gasteiger partial charge >= 0.3 is 0 Å². The van der Waals surface area contributed by atoms with Crippen LogP contribution in [0.4, 0.5) is 4.39 Å². The number of hydrogen-bond donors (Lipinski definition) is 0. The molecule has 0 aliphatic carbocycles. The zero-order valence-corrected chi connectivity index (χ0v) is 14.2. The zero-order chi connectivity index (χ0) is 17.3. The van der Waals surface area contributed by atoms with E-state index in [4.69, 9.17) is 0 Å². The summed E-state index contributed by atoms with van der Waals surface area (Å²) in [4.78, 5) is 1.94. The van der Waals surface area contributed by atoms with Gasteiger partial charge in [-0.2, -0.15) is 8.42 Å². The molecule has 0 spiro atoms. The molecule has 0 radical (unpaired) electrons. The summed E-state index contributed by atoms with van der Waals surface area (Å²) < 4.78 is 42.0. The van der Waals surface area contributed by atoms with Crippen molar-refractivity contribution in [1.82, 2.24) is 4.90 Å². The number of likely N-dealkylation sites (N-methyl/N-ethyl adjacent to an activating group) is 1. The lowest BCUT2D eigenvalue weighted by Crippen LogP contribution is -2.26. The molecule has 1 heterocycles. The molecule has 0 atom stereocenters. The standard InChI is InChI=1S/C18H17FN2O2S/c1-13-17(15-8-10-16(19)11-9-15)24(22,23)20-18(13)21(2)12-14-6-4-3-5-7-14/h3-11H,12H2,1-2H3. The molecule has 0 N–H and O–H groups in total. The fourth-order valence-electron chi connectivity index (χ4n) is 2.78. The van der Waals surface area contributed by atoms with Gasteiger partial charge in [-0.25, -0.2) is 4.39 Å². The van der Waals surface area contributed by atoms with E-state index in [-0.39, 0.29) is 4.91 Å². The van der Waals surface area contributed by atoms with Gasteiger partial charge in [0.05, 0.1) is 0 Å². The number of hydrogen-bond acceptors (Lipinski definition) is 3. The fraction of sp³-hybridized carbons (Fsp3) is 0.167. The van der Waals surface area contributed by atoms with Crippen molar-refractivity contribution in [2.75, 3.05) is 7.05 Å². The van der Waals surface area contributed by atoms with E-state index in [1.807, 2.05) is 30.3 Å². The van der Waals surface area contributed by atoms with Gasteiger partial charge in [0.1, 0.15) is 16.6 Å². The largest absolute Gasteiger partial charge is 0.354 e. The number of halogens is 1. The molecule has 1 aliphatic heterocycles. The lowest BCUT2D eigenvalue weighted by atomic mass is 10.1. The molecular weight excluding hydrogens is 327 g/mol. The molecular formula is C18H17FN2O2S. The lowest BCUT2D eigenvalue weighted by Gasteiger charge is -2.19. The van der Waals surface area contributed by atoms with Crippen molar-refractivity contribution in [3.8, 4) is 0 Å². The highest BCUT2D eigenvalue weighted by Gasteiger charge is 2.32. The smallest absolute Gasteiger partial charge is 0.285 e. The van der Waals surface area contributed by atoms with Gasteiger partial charge in [-0.1, -0.05) is 42.5 Å². The maximum atomic E-state index is 13.1. The van der Waals surface area contributed by atoms with Gasteiger partial charge in [0.15, 0.2) is 0 Å². The SMILES string of the molecule is CC1=C(c2ccc(F)cc2)S(=O)(=O)N=C1N(C)Cc1ccccc1. The van der Waals surface area contributed by atoms with Crippen molar-refractivity contribution < 1.29 is 12.8 Å². The second-order valence-electron chi connectivity index (χ2n) is 5.69. The Bertz CT molecular complexity index is 917. The third-order valence-electron chi connectivity index (χ3n) is 3.87. The molecule has 6 heteroatoms. The summed E-state index contributed by atoms with van der Waals surface area (Å²) in [6, 6.07) is 15.2. The van der Waals surface area contributed by atoms with Gasteiger partial charge in [-0.3, -0.25) is 0 Å². The monoisotopic (exact) mass is 344 g/mol. The van der Waals surface area contributed by atoms with Crippen LogP contribution in [-0.4, -0.2) is 26.2 Å². The number of rotatable bonds is 3. The minimum atomic E-state index is -3.79. The van der Waals surface area contributed by atoms with E-state index in [0.29, 0.717) is 23.5 Å². The Balaban J connectivity index is 1.96. The Morgan fingerprint density at radius 1 is 1.04 bits per heavy atom. The van der Waals surface area contributed by atoms with Crippen LogP contribution in [-0.2, 0) is 16.6 Å². The second-order valence-corrected chi connectivity index (χ2v) is 7.23. The molecule has 3 rings (SSSR count). The summed E-state index contributed by atoms with van der Waals surface area (Å²) in [5.74, 6) is 0.00733. The molecule has 0 saturated heterocycles. The van der Waals surface area contributed by atoms with Gasteiger partial charge in [-0.15, -0.1) is 4.40 Å². The fourth-order valence-corrected chi connectivity index (χ4v) is 4.29. The van der Waals surface area contributed by atoms with E-state index < -0.39 is 15.8 Å². The minimum absolute atomic E-state index is 0.136. The molecule has 1 aliphatic rings. The molecule has 0 bridgehead atoms. The maximum Gasteiger partial charge on any atom is 0.285 e. The first-order chi connectivity index (χ1) is 11.4. The highest BCUT2D eigenvalue weighted by molar-refractivity contribution is 8.00. The molecule has 0 aromatic heterocycles. The molecule has 24 heavy (non-hydrogen) atoms.